The van der Waals surface area contributed by atoms with Gasteiger partial charge >= 0.3 is 62.8 Å². The van der Waals surface area contributed by atoms with Crippen molar-refractivity contribution in [1.29, 1.82) is 0 Å². The van der Waals surface area contributed by atoms with Crippen LogP contribution in [0.5, 0.6) is 0 Å². The Labute approximate surface area is 133 Å². The van der Waals surface area contributed by atoms with Gasteiger partial charge in [-0.3, -0.25) is 5.92 Å². The Bertz CT molecular complexity index is 446. The van der Waals surface area contributed by atoms with Crippen molar-refractivity contribution in [3.8, 4) is 5.92 Å². The number of alkyl halides is 13. The molecule has 0 N–H and O–H groups in total. The standard InChI is InChI=1S/C8F13.ClH.Zn/c1-2-3(9,10)4(11,12)5(13,14)6(15,16)7(17,18)8(19,20)21;;/h;1H;/q-1;;+2/p-1. The molecule has 0 atom stereocenters. The normalized spacial score (nSPS) is 14.7. The van der Waals surface area contributed by atoms with Crippen LogP contribution in [0.1, 0.15) is 0 Å². The molecule has 15 heteroatoms. The molecule has 0 aromatic rings. The van der Waals surface area contributed by atoms with Crippen LogP contribution in [-0.2, 0) is 17.3 Å². The average Bonchev–Trinajstić information content (AvgIpc) is 2.38. The van der Waals surface area contributed by atoms with Gasteiger partial charge in [0.25, 0.3) is 0 Å². The van der Waals surface area contributed by atoms with E-state index in [0.29, 0.717) is 0 Å². The van der Waals surface area contributed by atoms with Crippen LogP contribution in [-0.4, -0.2) is 35.8 Å². The van der Waals surface area contributed by atoms with Gasteiger partial charge in [-0.1, -0.05) is 0 Å². The van der Waals surface area contributed by atoms with E-state index < -0.39 is 41.7 Å². The summed E-state index contributed by atoms with van der Waals surface area (Å²) in [6, 6.07) is 0. The van der Waals surface area contributed by atoms with Crippen molar-refractivity contribution in [1.82, 2.24) is 0 Å². The van der Waals surface area contributed by atoms with Gasteiger partial charge in [-0.15, -0.1) is 0 Å². The quantitative estimate of drug-likeness (QED) is 0.248. The third kappa shape index (κ3) is 3.65. The van der Waals surface area contributed by atoms with E-state index in [1.807, 2.05) is 0 Å². The third-order valence-electron chi connectivity index (χ3n) is 2.09. The van der Waals surface area contributed by atoms with Gasteiger partial charge in [0, 0.05) is 0 Å². The van der Waals surface area contributed by atoms with Gasteiger partial charge in [-0.05, 0) is 0 Å². The van der Waals surface area contributed by atoms with Crippen LogP contribution in [0, 0.1) is 12.3 Å². The van der Waals surface area contributed by atoms with E-state index in [-0.39, 0.29) is 0 Å². The van der Waals surface area contributed by atoms with E-state index in [1.54, 1.807) is 0 Å². The molecule has 0 amide bonds. The summed E-state index contributed by atoms with van der Waals surface area (Å²) in [5.74, 6) is -38.1. The molecule has 0 saturated carbocycles. The molecule has 0 heterocycles. The van der Waals surface area contributed by atoms with Gasteiger partial charge < -0.3 is 6.42 Å². The monoisotopic (exact) mass is 442 g/mol. The molecule has 0 aliphatic heterocycles. The molecule has 0 aliphatic rings. The van der Waals surface area contributed by atoms with Gasteiger partial charge in [0.15, 0.2) is 0 Å². The Morgan fingerprint density at radius 2 is 0.826 bits per heavy atom. The van der Waals surface area contributed by atoms with Crippen molar-refractivity contribution < 1.29 is 74.4 Å². The SMILES string of the molecule is [C-]#CC(F)(F)C(F)(F)C(F)(F)C(F)(F)C(F)(F)C(F)(F)F.[Cl][Zn+]. The fourth-order valence-corrected chi connectivity index (χ4v) is 0.848. The first-order valence-corrected chi connectivity index (χ1v) is 8.37. The van der Waals surface area contributed by atoms with Crippen LogP contribution in [0.4, 0.5) is 57.1 Å². The van der Waals surface area contributed by atoms with Crippen LogP contribution in [0.15, 0.2) is 0 Å². The van der Waals surface area contributed by atoms with Crippen molar-refractivity contribution >= 4 is 9.69 Å². The van der Waals surface area contributed by atoms with E-state index in [1.165, 1.54) is 0 Å². The van der Waals surface area contributed by atoms with Crippen LogP contribution in [0.2, 0.25) is 0 Å². The predicted molar refractivity (Wildman–Crippen MR) is 43.8 cm³/mol. The second-order valence-electron chi connectivity index (χ2n) is 3.49. The van der Waals surface area contributed by atoms with E-state index in [2.05, 4.69) is 0 Å². The molecule has 0 radical (unpaired) electrons. The van der Waals surface area contributed by atoms with Gasteiger partial charge in [0.1, 0.15) is 0 Å². The summed E-state index contributed by atoms with van der Waals surface area (Å²) in [7, 11) is 4.76. The summed E-state index contributed by atoms with van der Waals surface area (Å²) >= 11 is 0.847. The zero-order valence-corrected chi connectivity index (χ0v) is 13.7. The molecule has 132 valence electrons. The van der Waals surface area contributed by atoms with Crippen molar-refractivity contribution in [2.45, 2.75) is 35.8 Å². The Hall–Kier alpha value is -0.437. The fourth-order valence-electron chi connectivity index (χ4n) is 0.848. The summed E-state index contributed by atoms with van der Waals surface area (Å²) in [5, 5.41) is 0. The fraction of sp³-hybridized carbons (Fsp3) is 0.750. The molecule has 0 fully saturated rings. The second-order valence-corrected chi connectivity index (χ2v) is 3.49. The van der Waals surface area contributed by atoms with E-state index >= 15 is 0 Å². The van der Waals surface area contributed by atoms with Crippen LogP contribution in [0.3, 0.4) is 0 Å². The zero-order valence-electron chi connectivity index (χ0n) is 10.00. The average molecular weight is 444 g/mol. The third-order valence-corrected chi connectivity index (χ3v) is 2.09. The molecule has 0 rings (SSSR count). The van der Waals surface area contributed by atoms with Gasteiger partial charge in [-0.2, -0.15) is 57.1 Å². The summed E-state index contributed by atoms with van der Waals surface area (Å²) in [5.41, 5.74) is 0. The van der Waals surface area contributed by atoms with Crippen LogP contribution < -0.4 is 0 Å². The maximum atomic E-state index is 12.6. The number of hydrogen-bond donors (Lipinski definition) is 0. The Morgan fingerprint density at radius 3 is 1.04 bits per heavy atom. The molecule has 0 unspecified atom stereocenters. The second kappa shape index (κ2) is 6.82. The molecule has 0 aliphatic carbocycles. The summed E-state index contributed by atoms with van der Waals surface area (Å²) < 4.78 is 159. The minimum absolute atomic E-state index is 0.623. The summed E-state index contributed by atoms with van der Waals surface area (Å²) in [6.45, 7) is 0. The molecule has 0 aromatic carbocycles. The Morgan fingerprint density at radius 1 is 0.565 bits per heavy atom. The van der Waals surface area contributed by atoms with E-state index in [4.69, 9.17) is 16.1 Å². The van der Waals surface area contributed by atoms with E-state index in [0.717, 1.165) is 17.3 Å². The van der Waals surface area contributed by atoms with Crippen LogP contribution >= 0.6 is 9.69 Å². The topological polar surface area (TPSA) is 0 Å². The first kappa shape index (κ1) is 24.8. The van der Waals surface area contributed by atoms with Crippen molar-refractivity contribution in [3.63, 3.8) is 0 Å². The maximum absolute atomic E-state index is 12.6. The predicted octanol–water partition coefficient (Wildman–Crippen LogP) is 5.00. The molecule has 0 nitrogen and oxygen atoms in total. The van der Waals surface area contributed by atoms with Crippen molar-refractivity contribution in [3.05, 3.63) is 6.42 Å². The van der Waals surface area contributed by atoms with Crippen molar-refractivity contribution in [2.75, 3.05) is 0 Å². The Kier molecular flexibility index (Phi) is 7.36. The van der Waals surface area contributed by atoms with Crippen LogP contribution in [0.25, 0.3) is 0 Å². The minimum atomic E-state index is -7.93. The Balaban J connectivity index is 0. The molecular weight excluding hydrogens is 444 g/mol. The van der Waals surface area contributed by atoms with E-state index in [9.17, 15) is 57.1 Å². The molecule has 0 saturated heterocycles. The number of halogens is 14. The number of rotatable bonds is 4. The van der Waals surface area contributed by atoms with Gasteiger partial charge in [-0.25, -0.2) is 0 Å². The molecule has 0 spiro atoms. The zero-order chi connectivity index (χ0) is 19.7. The first-order chi connectivity index (χ1) is 9.81. The first-order valence-electron chi connectivity index (χ1n) is 4.47. The van der Waals surface area contributed by atoms with Crippen molar-refractivity contribution in [2.24, 2.45) is 0 Å². The number of hydrogen-bond acceptors (Lipinski definition) is 0. The molecule has 23 heavy (non-hydrogen) atoms. The van der Waals surface area contributed by atoms with Gasteiger partial charge in [0.2, 0.25) is 0 Å². The summed E-state index contributed by atoms with van der Waals surface area (Å²) in [6.07, 6.45) is -1.87. The van der Waals surface area contributed by atoms with Gasteiger partial charge in [0.05, 0.1) is 0 Å². The molecule has 0 bridgehead atoms. The summed E-state index contributed by atoms with van der Waals surface area (Å²) in [4.78, 5) is 0. The molecular formula is C8ClF13Zn. The molecule has 0 aromatic heterocycles.